The molecule has 1 aliphatic carbocycles. The van der Waals surface area contributed by atoms with E-state index >= 15 is 0 Å². The van der Waals surface area contributed by atoms with Crippen LogP contribution in [-0.2, 0) is 0 Å². The van der Waals surface area contributed by atoms with Crippen LogP contribution in [0.15, 0.2) is 18.2 Å². The molecule has 2 nitrogen and oxygen atoms in total. The van der Waals surface area contributed by atoms with Gasteiger partial charge in [0.1, 0.15) is 5.82 Å². The third-order valence-corrected chi connectivity index (χ3v) is 3.61. The molecule has 0 aromatic heterocycles. The fourth-order valence-electron chi connectivity index (χ4n) is 2.53. The van der Waals surface area contributed by atoms with E-state index in [4.69, 9.17) is 0 Å². The van der Waals surface area contributed by atoms with Gasteiger partial charge in [0, 0.05) is 0 Å². The second kappa shape index (κ2) is 6.72. The van der Waals surface area contributed by atoms with Crippen LogP contribution in [0.1, 0.15) is 49.7 Å². The summed E-state index contributed by atoms with van der Waals surface area (Å²) in [6.45, 7) is 4.23. The lowest BCUT2D eigenvalue weighted by atomic mass is 9.79. The molecule has 0 aliphatic heterocycles. The third-order valence-electron chi connectivity index (χ3n) is 3.61. The Kier molecular flexibility index (Phi) is 6.35. The summed E-state index contributed by atoms with van der Waals surface area (Å²) in [6, 6.07) is 5.66. The van der Waals surface area contributed by atoms with Gasteiger partial charge in [-0.3, -0.25) is 5.48 Å². The van der Waals surface area contributed by atoms with Crippen molar-refractivity contribution < 1.29 is 15.3 Å². The second-order valence-corrected chi connectivity index (χ2v) is 4.98. The van der Waals surface area contributed by atoms with Crippen molar-refractivity contribution in [3.05, 3.63) is 35.1 Å². The summed E-state index contributed by atoms with van der Waals surface area (Å²) in [5.41, 5.74) is 1.95. The molecule has 0 amide bonds. The molecule has 0 atom stereocenters. The number of hydrogen-bond donors (Lipinski definition) is 1. The van der Waals surface area contributed by atoms with Gasteiger partial charge in [-0.25, -0.2) is 4.39 Å². The summed E-state index contributed by atoms with van der Waals surface area (Å²) < 4.78 is 13.7. The molecule has 2 rings (SSSR count). The van der Waals surface area contributed by atoms with Gasteiger partial charge in [-0.05, 0) is 48.8 Å². The van der Waals surface area contributed by atoms with Gasteiger partial charge in [0.2, 0.25) is 0 Å². The molecule has 0 spiro atoms. The van der Waals surface area contributed by atoms with Crippen molar-refractivity contribution >= 4 is 0 Å². The Labute approximate surface area is 102 Å². The molecule has 1 fully saturated rings. The molecule has 3 heteroatoms. The molecular formula is C14H22FO2. The lowest BCUT2D eigenvalue weighted by molar-refractivity contribution is 0.342. The molecule has 0 unspecified atom stereocenters. The van der Waals surface area contributed by atoms with Gasteiger partial charge in [-0.2, -0.15) is 0 Å². The zero-order valence-corrected chi connectivity index (χ0v) is 10.5. The molecule has 3 N–H and O–H groups in total. The minimum Gasteiger partial charge on any atom is -0.412 e. The summed E-state index contributed by atoms with van der Waals surface area (Å²) >= 11 is 0. The lowest BCUT2D eigenvalue weighted by Crippen LogP contribution is -2.12. The molecule has 1 saturated carbocycles. The summed E-state index contributed by atoms with van der Waals surface area (Å²) in [5, 5.41) is 0. The van der Waals surface area contributed by atoms with Crippen LogP contribution in [0.2, 0.25) is 0 Å². The van der Waals surface area contributed by atoms with Crippen LogP contribution in [0.4, 0.5) is 4.39 Å². The van der Waals surface area contributed by atoms with Gasteiger partial charge in [0.25, 0.3) is 0 Å². The van der Waals surface area contributed by atoms with E-state index in [1.807, 2.05) is 19.1 Å². The van der Waals surface area contributed by atoms with Crippen LogP contribution in [0.25, 0.3) is 0 Å². The number of aryl methyl sites for hydroxylation is 1. The van der Waals surface area contributed by atoms with Crippen molar-refractivity contribution in [1.29, 1.82) is 0 Å². The monoisotopic (exact) mass is 241 g/mol. The largest absolute Gasteiger partial charge is 0.412 e. The second-order valence-electron chi connectivity index (χ2n) is 4.98. The Morgan fingerprint density at radius 1 is 1.12 bits per heavy atom. The third kappa shape index (κ3) is 3.79. The molecule has 1 aromatic carbocycles. The maximum Gasteiger partial charge on any atom is 0.126 e. The Morgan fingerprint density at radius 2 is 1.71 bits per heavy atom. The predicted molar refractivity (Wildman–Crippen MR) is 67.1 cm³/mol. The Hall–Kier alpha value is -0.930. The minimum atomic E-state index is -0.00504. The van der Waals surface area contributed by atoms with E-state index in [1.54, 1.807) is 6.07 Å². The Balaban J connectivity index is 0.00000128. The first-order chi connectivity index (χ1) is 7.16. The molecule has 97 valence electrons. The fourth-order valence-corrected chi connectivity index (χ4v) is 2.53. The van der Waals surface area contributed by atoms with E-state index in [0.717, 1.165) is 29.9 Å². The molecule has 1 aromatic rings. The highest BCUT2D eigenvalue weighted by Crippen LogP contribution is 2.36. The molecule has 0 bridgehead atoms. The SMILES string of the molecule is Cc1ccc(C2CCC(C)CC2)c(F)c1.O.[OH]. The van der Waals surface area contributed by atoms with Crippen LogP contribution < -0.4 is 0 Å². The van der Waals surface area contributed by atoms with Gasteiger partial charge in [-0.15, -0.1) is 0 Å². The van der Waals surface area contributed by atoms with Gasteiger partial charge < -0.3 is 5.48 Å². The molecule has 0 heterocycles. The maximum atomic E-state index is 13.7. The van der Waals surface area contributed by atoms with Gasteiger partial charge in [0.15, 0.2) is 0 Å². The smallest absolute Gasteiger partial charge is 0.126 e. The zero-order chi connectivity index (χ0) is 10.8. The molecular weight excluding hydrogens is 219 g/mol. The fraction of sp³-hybridized carbons (Fsp3) is 0.571. The Morgan fingerprint density at radius 3 is 2.24 bits per heavy atom. The highest BCUT2D eigenvalue weighted by molar-refractivity contribution is 5.26. The van der Waals surface area contributed by atoms with Gasteiger partial charge >= 0.3 is 0 Å². The molecule has 17 heavy (non-hydrogen) atoms. The van der Waals surface area contributed by atoms with Gasteiger partial charge in [-0.1, -0.05) is 31.9 Å². The van der Waals surface area contributed by atoms with Crippen molar-refractivity contribution in [1.82, 2.24) is 0 Å². The Bertz CT molecular complexity index is 344. The summed E-state index contributed by atoms with van der Waals surface area (Å²) in [6.07, 6.45) is 4.80. The summed E-state index contributed by atoms with van der Waals surface area (Å²) in [4.78, 5) is 0. The van der Waals surface area contributed by atoms with Crippen LogP contribution in [0.3, 0.4) is 0 Å². The van der Waals surface area contributed by atoms with E-state index in [1.165, 1.54) is 12.8 Å². The normalized spacial score (nSPS) is 23.5. The number of hydrogen-bond acceptors (Lipinski definition) is 0. The van der Waals surface area contributed by atoms with Crippen LogP contribution in [-0.4, -0.2) is 11.0 Å². The van der Waals surface area contributed by atoms with Crippen molar-refractivity contribution in [2.45, 2.75) is 45.4 Å². The lowest BCUT2D eigenvalue weighted by Gasteiger charge is -2.26. The molecule has 1 radical (unpaired) electrons. The first-order valence-corrected chi connectivity index (χ1v) is 5.93. The summed E-state index contributed by atoms with van der Waals surface area (Å²) in [5.74, 6) is 1.28. The van der Waals surface area contributed by atoms with Crippen molar-refractivity contribution in [3.8, 4) is 0 Å². The first kappa shape index (κ1) is 16.1. The van der Waals surface area contributed by atoms with Crippen LogP contribution in [0, 0.1) is 18.7 Å². The average Bonchev–Trinajstić information content (AvgIpc) is 2.20. The van der Waals surface area contributed by atoms with Crippen molar-refractivity contribution in [2.24, 2.45) is 5.92 Å². The summed E-state index contributed by atoms with van der Waals surface area (Å²) in [7, 11) is 0. The van der Waals surface area contributed by atoms with E-state index in [9.17, 15) is 4.39 Å². The topological polar surface area (TPSA) is 61.5 Å². The van der Waals surface area contributed by atoms with Crippen LogP contribution >= 0.6 is 0 Å². The minimum absolute atomic E-state index is 0. The highest BCUT2D eigenvalue weighted by atomic mass is 19.1. The van der Waals surface area contributed by atoms with Crippen molar-refractivity contribution in [3.63, 3.8) is 0 Å². The highest BCUT2D eigenvalue weighted by Gasteiger charge is 2.21. The van der Waals surface area contributed by atoms with Crippen LogP contribution in [0.5, 0.6) is 0 Å². The van der Waals surface area contributed by atoms with E-state index in [0.29, 0.717) is 5.92 Å². The zero-order valence-electron chi connectivity index (χ0n) is 10.5. The quantitative estimate of drug-likeness (QED) is 0.783. The first-order valence-electron chi connectivity index (χ1n) is 5.93. The number of benzene rings is 1. The van der Waals surface area contributed by atoms with E-state index < -0.39 is 0 Å². The maximum absolute atomic E-state index is 13.7. The predicted octanol–water partition coefficient (Wildman–Crippen LogP) is 3.43. The molecule has 1 aliphatic rings. The van der Waals surface area contributed by atoms with E-state index in [2.05, 4.69) is 6.92 Å². The number of halogens is 1. The van der Waals surface area contributed by atoms with Crippen molar-refractivity contribution in [2.75, 3.05) is 0 Å². The molecule has 0 saturated heterocycles. The number of rotatable bonds is 1. The van der Waals surface area contributed by atoms with E-state index in [-0.39, 0.29) is 16.8 Å². The average molecular weight is 241 g/mol. The standard InChI is InChI=1S/C14H19F.H2O.HO/c1-10-3-6-12(7-4-10)13-8-5-11(2)9-14(13)15;;/h5,8-10,12H,3-4,6-7H2,1-2H3;1H2;1H. The van der Waals surface area contributed by atoms with Gasteiger partial charge in [0.05, 0.1) is 0 Å².